The summed E-state index contributed by atoms with van der Waals surface area (Å²) in [6, 6.07) is 4.07. The van der Waals surface area contributed by atoms with Crippen molar-refractivity contribution in [3.8, 4) is 0 Å². The zero-order valence-corrected chi connectivity index (χ0v) is 15.4. The monoisotopic (exact) mass is 345 g/mol. The molecule has 2 aromatic heterocycles. The number of morpholine rings is 1. The first-order valence-corrected chi connectivity index (χ1v) is 9.74. The van der Waals surface area contributed by atoms with Gasteiger partial charge in [-0.2, -0.15) is 0 Å². The van der Waals surface area contributed by atoms with Gasteiger partial charge in [-0.15, -0.1) is 5.10 Å². The number of fused-ring (bicyclic) bond motifs is 1. The second kappa shape index (κ2) is 9.73. The lowest BCUT2D eigenvalue weighted by atomic mass is 10.1. The molecule has 0 spiro atoms. The third-order valence-corrected chi connectivity index (χ3v) is 4.78. The van der Waals surface area contributed by atoms with E-state index in [1.807, 2.05) is 22.8 Å². The van der Waals surface area contributed by atoms with Crippen LogP contribution in [-0.4, -0.2) is 58.9 Å². The van der Waals surface area contributed by atoms with Gasteiger partial charge >= 0.3 is 0 Å². The Balaban J connectivity index is 1.47. The standard InChI is InChI=1S/C19H31N5O/c1-2-3-4-5-7-17-16-21-19-9-8-18(22-24(17)19)20-10-6-11-23-12-14-25-15-13-23/h8-9,16H,2-7,10-15H2,1H3,(H,20,22). The molecule has 0 aromatic carbocycles. The summed E-state index contributed by atoms with van der Waals surface area (Å²) in [7, 11) is 0. The second-order valence-electron chi connectivity index (χ2n) is 6.78. The lowest BCUT2D eigenvalue weighted by Crippen LogP contribution is -2.37. The Bertz CT molecular complexity index is 636. The molecule has 1 aliphatic heterocycles. The molecule has 2 aromatic rings. The quantitative estimate of drug-likeness (QED) is 0.671. The molecule has 0 atom stereocenters. The molecule has 25 heavy (non-hydrogen) atoms. The fraction of sp³-hybridized carbons (Fsp3) is 0.684. The minimum absolute atomic E-state index is 0.868. The molecule has 1 N–H and O–H groups in total. The summed E-state index contributed by atoms with van der Waals surface area (Å²) < 4.78 is 7.38. The van der Waals surface area contributed by atoms with E-state index in [2.05, 4.69) is 22.1 Å². The van der Waals surface area contributed by atoms with Gasteiger partial charge in [-0.3, -0.25) is 4.90 Å². The average molecular weight is 345 g/mol. The van der Waals surface area contributed by atoms with Gasteiger partial charge in [0.15, 0.2) is 5.65 Å². The van der Waals surface area contributed by atoms with Gasteiger partial charge in [0.1, 0.15) is 5.82 Å². The Morgan fingerprint density at radius 3 is 2.84 bits per heavy atom. The summed E-state index contributed by atoms with van der Waals surface area (Å²) in [6.07, 6.45) is 9.20. The van der Waals surface area contributed by atoms with Crippen molar-refractivity contribution in [2.45, 2.75) is 45.4 Å². The molecule has 1 fully saturated rings. The topological polar surface area (TPSA) is 54.7 Å². The highest BCUT2D eigenvalue weighted by Gasteiger charge is 2.09. The predicted molar refractivity (Wildman–Crippen MR) is 101 cm³/mol. The summed E-state index contributed by atoms with van der Waals surface area (Å²) in [5.74, 6) is 0.933. The molecule has 0 amide bonds. The third kappa shape index (κ3) is 5.41. The lowest BCUT2D eigenvalue weighted by molar-refractivity contribution is 0.0378. The van der Waals surface area contributed by atoms with Crippen molar-refractivity contribution in [1.29, 1.82) is 0 Å². The van der Waals surface area contributed by atoms with E-state index in [1.54, 1.807) is 0 Å². The second-order valence-corrected chi connectivity index (χ2v) is 6.78. The van der Waals surface area contributed by atoms with Crippen LogP contribution in [0.2, 0.25) is 0 Å². The Morgan fingerprint density at radius 2 is 2.00 bits per heavy atom. The van der Waals surface area contributed by atoms with Gasteiger partial charge in [0.05, 0.1) is 25.1 Å². The minimum Gasteiger partial charge on any atom is -0.379 e. The van der Waals surface area contributed by atoms with Crippen LogP contribution in [-0.2, 0) is 11.2 Å². The van der Waals surface area contributed by atoms with Crippen molar-refractivity contribution in [2.24, 2.45) is 0 Å². The number of aryl methyl sites for hydroxylation is 1. The number of anilines is 1. The van der Waals surface area contributed by atoms with E-state index in [9.17, 15) is 0 Å². The molecule has 3 heterocycles. The minimum atomic E-state index is 0.868. The van der Waals surface area contributed by atoms with Crippen LogP contribution in [0.15, 0.2) is 18.3 Å². The molecular formula is C19H31N5O. The van der Waals surface area contributed by atoms with Gasteiger partial charge in [-0.05, 0) is 37.9 Å². The van der Waals surface area contributed by atoms with Crippen molar-refractivity contribution >= 4 is 11.5 Å². The number of hydrogen-bond donors (Lipinski definition) is 1. The highest BCUT2D eigenvalue weighted by Crippen LogP contribution is 2.12. The van der Waals surface area contributed by atoms with E-state index in [-0.39, 0.29) is 0 Å². The van der Waals surface area contributed by atoms with Crippen molar-refractivity contribution in [1.82, 2.24) is 19.5 Å². The number of aromatic nitrogens is 3. The summed E-state index contributed by atoms with van der Waals surface area (Å²) in [6.45, 7) is 8.15. The van der Waals surface area contributed by atoms with Gasteiger partial charge in [-0.1, -0.05) is 26.2 Å². The first-order chi connectivity index (χ1) is 12.4. The highest BCUT2D eigenvalue weighted by molar-refractivity contribution is 5.45. The Kier molecular flexibility index (Phi) is 7.06. The molecule has 3 rings (SSSR count). The smallest absolute Gasteiger partial charge is 0.153 e. The molecule has 0 saturated carbocycles. The van der Waals surface area contributed by atoms with Crippen LogP contribution in [0.4, 0.5) is 5.82 Å². The van der Waals surface area contributed by atoms with Crippen LogP contribution in [0.5, 0.6) is 0 Å². The fourth-order valence-electron chi connectivity index (χ4n) is 3.26. The molecule has 0 bridgehead atoms. The number of nitrogens with one attached hydrogen (secondary N) is 1. The highest BCUT2D eigenvalue weighted by atomic mass is 16.5. The Labute approximate surface area is 150 Å². The zero-order chi connectivity index (χ0) is 17.3. The van der Waals surface area contributed by atoms with Crippen LogP contribution >= 0.6 is 0 Å². The largest absolute Gasteiger partial charge is 0.379 e. The van der Waals surface area contributed by atoms with Crippen molar-refractivity contribution in [3.05, 3.63) is 24.0 Å². The van der Waals surface area contributed by atoms with Crippen LogP contribution in [0, 0.1) is 0 Å². The maximum absolute atomic E-state index is 5.39. The van der Waals surface area contributed by atoms with Gasteiger partial charge in [-0.25, -0.2) is 9.50 Å². The molecular weight excluding hydrogens is 314 g/mol. The zero-order valence-electron chi connectivity index (χ0n) is 15.4. The van der Waals surface area contributed by atoms with Gasteiger partial charge < -0.3 is 10.1 Å². The van der Waals surface area contributed by atoms with E-state index >= 15 is 0 Å². The maximum Gasteiger partial charge on any atom is 0.153 e. The number of nitrogens with zero attached hydrogens (tertiary/aromatic N) is 4. The van der Waals surface area contributed by atoms with Crippen LogP contribution in [0.25, 0.3) is 5.65 Å². The molecule has 0 aliphatic carbocycles. The Hall–Kier alpha value is -1.66. The summed E-state index contributed by atoms with van der Waals surface area (Å²) in [5.41, 5.74) is 2.15. The van der Waals surface area contributed by atoms with Crippen molar-refractivity contribution < 1.29 is 4.74 Å². The van der Waals surface area contributed by atoms with Gasteiger partial charge in [0.25, 0.3) is 0 Å². The molecule has 1 aliphatic rings. The van der Waals surface area contributed by atoms with E-state index < -0.39 is 0 Å². The number of unbranched alkanes of at least 4 members (excludes halogenated alkanes) is 3. The third-order valence-electron chi connectivity index (χ3n) is 4.78. The molecule has 138 valence electrons. The van der Waals surface area contributed by atoms with Gasteiger partial charge in [0.2, 0.25) is 0 Å². The van der Waals surface area contributed by atoms with Crippen LogP contribution in [0.3, 0.4) is 0 Å². The van der Waals surface area contributed by atoms with Crippen LogP contribution in [0.1, 0.15) is 44.7 Å². The number of ether oxygens (including phenoxy) is 1. The summed E-state index contributed by atoms with van der Waals surface area (Å²) in [5, 5.41) is 8.18. The molecule has 6 nitrogen and oxygen atoms in total. The first kappa shape index (κ1) is 18.1. The average Bonchev–Trinajstić information content (AvgIpc) is 3.06. The summed E-state index contributed by atoms with van der Waals surface area (Å²) >= 11 is 0. The number of imidazole rings is 1. The fourth-order valence-corrected chi connectivity index (χ4v) is 3.26. The van der Waals surface area contributed by atoms with Gasteiger partial charge in [0, 0.05) is 19.6 Å². The summed E-state index contributed by atoms with van der Waals surface area (Å²) in [4.78, 5) is 6.93. The van der Waals surface area contributed by atoms with Crippen LogP contribution < -0.4 is 5.32 Å². The van der Waals surface area contributed by atoms with E-state index in [1.165, 1.54) is 31.4 Å². The van der Waals surface area contributed by atoms with E-state index in [0.29, 0.717) is 0 Å². The first-order valence-electron chi connectivity index (χ1n) is 9.74. The lowest BCUT2D eigenvalue weighted by Gasteiger charge is -2.26. The van der Waals surface area contributed by atoms with Crippen molar-refractivity contribution in [2.75, 3.05) is 44.7 Å². The van der Waals surface area contributed by atoms with Crippen molar-refractivity contribution in [3.63, 3.8) is 0 Å². The SMILES string of the molecule is CCCCCCc1cnc2ccc(NCCCN3CCOCC3)nn12. The maximum atomic E-state index is 5.39. The Morgan fingerprint density at radius 1 is 1.12 bits per heavy atom. The number of rotatable bonds is 10. The normalized spacial score (nSPS) is 15.7. The molecule has 0 unspecified atom stereocenters. The molecule has 0 radical (unpaired) electrons. The molecule has 1 saturated heterocycles. The van der Waals surface area contributed by atoms with E-state index in [0.717, 1.165) is 63.7 Å². The van der Waals surface area contributed by atoms with E-state index in [4.69, 9.17) is 9.84 Å². The molecule has 6 heteroatoms. The number of hydrogen-bond acceptors (Lipinski definition) is 5. The predicted octanol–water partition coefficient (Wildman–Crippen LogP) is 2.99.